The highest BCUT2D eigenvalue weighted by Gasteiger charge is 2.23. The first-order chi connectivity index (χ1) is 10.8. The molecular formula is C19H17N3. The van der Waals surface area contributed by atoms with Crippen molar-refractivity contribution < 1.29 is 0 Å². The second-order valence-corrected chi connectivity index (χ2v) is 5.62. The van der Waals surface area contributed by atoms with Gasteiger partial charge in [0, 0.05) is 54.1 Å². The van der Waals surface area contributed by atoms with Crippen LogP contribution in [-0.4, -0.2) is 16.1 Å². The Morgan fingerprint density at radius 3 is 3.00 bits per heavy atom. The van der Waals surface area contributed by atoms with Crippen molar-refractivity contribution in [3.05, 3.63) is 65.6 Å². The fourth-order valence-electron chi connectivity index (χ4n) is 3.24. The van der Waals surface area contributed by atoms with Crippen LogP contribution in [0, 0.1) is 12.0 Å². The number of benzene rings is 1. The molecule has 3 nitrogen and oxygen atoms in total. The third-order valence-electron chi connectivity index (χ3n) is 4.23. The maximum absolute atomic E-state index is 4.12. The number of hydrogen-bond acceptors (Lipinski definition) is 2. The lowest BCUT2D eigenvalue weighted by Gasteiger charge is -2.21. The fraction of sp³-hybridized carbons (Fsp3) is 0.211. The van der Waals surface area contributed by atoms with Crippen LogP contribution in [0.15, 0.2) is 48.8 Å². The Morgan fingerprint density at radius 1 is 1.23 bits per heavy atom. The van der Waals surface area contributed by atoms with Gasteiger partial charge in [0.25, 0.3) is 0 Å². The molecule has 0 saturated carbocycles. The lowest BCUT2D eigenvalue weighted by Crippen LogP contribution is -2.28. The normalized spacial score (nSPS) is 16.9. The number of fused-ring (bicyclic) bond motifs is 3. The zero-order valence-corrected chi connectivity index (χ0v) is 12.5. The monoisotopic (exact) mass is 287 g/mol. The van der Waals surface area contributed by atoms with Gasteiger partial charge >= 0.3 is 0 Å². The zero-order chi connectivity index (χ0) is 14.9. The van der Waals surface area contributed by atoms with Crippen LogP contribution in [0.1, 0.15) is 29.8 Å². The van der Waals surface area contributed by atoms with Crippen molar-refractivity contribution in [2.45, 2.75) is 19.4 Å². The molecule has 1 aromatic carbocycles. The van der Waals surface area contributed by atoms with E-state index >= 15 is 0 Å². The summed E-state index contributed by atoms with van der Waals surface area (Å²) in [4.78, 5) is 4.12. The molecule has 22 heavy (non-hydrogen) atoms. The van der Waals surface area contributed by atoms with Crippen molar-refractivity contribution in [2.24, 2.45) is 0 Å². The van der Waals surface area contributed by atoms with E-state index in [0.717, 1.165) is 18.5 Å². The Kier molecular flexibility index (Phi) is 3.17. The zero-order valence-electron chi connectivity index (χ0n) is 12.5. The average molecular weight is 287 g/mol. The van der Waals surface area contributed by atoms with Gasteiger partial charge < -0.3 is 5.32 Å². The van der Waals surface area contributed by atoms with Gasteiger partial charge in [0.15, 0.2) is 0 Å². The van der Waals surface area contributed by atoms with E-state index < -0.39 is 0 Å². The molecule has 1 aliphatic heterocycles. The number of nitrogens with zero attached hydrogens (tertiary/aromatic N) is 2. The molecule has 1 aliphatic rings. The van der Waals surface area contributed by atoms with Gasteiger partial charge in [-0.1, -0.05) is 18.2 Å². The molecule has 3 heteroatoms. The molecule has 0 aliphatic carbocycles. The van der Waals surface area contributed by atoms with Crippen molar-refractivity contribution in [3.8, 4) is 12.0 Å². The summed E-state index contributed by atoms with van der Waals surface area (Å²) >= 11 is 0. The number of para-hydroxylation sites is 1. The Bertz CT molecular complexity index is 881. The summed E-state index contributed by atoms with van der Waals surface area (Å²) in [6.07, 6.45) is 4.58. The topological polar surface area (TPSA) is 29.9 Å². The molecule has 1 atom stereocenters. The minimum absolute atomic E-state index is 0.370. The molecule has 3 heterocycles. The highest BCUT2D eigenvalue weighted by molar-refractivity contribution is 5.87. The number of nitrogens with one attached hydrogen (secondary N) is 1. The molecule has 0 fully saturated rings. The van der Waals surface area contributed by atoms with Crippen LogP contribution < -0.4 is 5.32 Å². The Labute approximate surface area is 130 Å². The maximum Gasteiger partial charge on any atom is 0.0618 e. The Morgan fingerprint density at radius 2 is 2.14 bits per heavy atom. The van der Waals surface area contributed by atoms with Crippen molar-refractivity contribution in [1.82, 2.24) is 14.9 Å². The molecule has 3 aromatic rings. The molecule has 4 rings (SSSR count). The number of aromatic nitrogens is 2. The number of pyridine rings is 1. The van der Waals surface area contributed by atoms with Crippen LogP contribution in [0.25, 0.3) is 10.9 Å². The first kappa shape index (κ1) is 13.1. The van der Waals surface area contributed by atoms with E-state index in [1.807, 2.05) is 12.1 Å². The van der Waals surface area contributed by atoms with E-state index in [-0.39, 0.29) is 0 Å². The third kappa shape index (κ3) is 2.09. The van der Waals surface area contributed by atoms with Gasteiger partial charge in [-0.2, -0.15) is 0 Å². The number of hydrogen-bond donors (Lipinski definition) is 1. The maximum atomic E-state index is 4.12. The lowest BCUT2D eigenvalue weighted by atomic mass is 9.99. The smallest absolute Gasteiger partial charge is 0.0618 e. The minimum Gasteiger partial charge on any atom is -0.310 e. The van der Waals surface area contributed by atoms with Gasteiger partial charge in [0.2, 0.25) is 0 Å². The van der Waals surface area contributed by atoms with Crippen LogP contribution >= 0.6 is 0 Å². The summed E-state index contributed by atoms with van der Waals surface area (Å²) in [7, 11) is 0. The van der Waals surface area contributed by atoms with Crippen LogP contribution in [0.4, 0.5) is 0 Å². The van der Waals surface area contributed by atoms with E-state index in [1.54, 1.807) is 12.4 Å². The summed E-state index contributed by atoms with van der Waals surface area (Å²) in [5.74, 6) is 3.23. The third-order valence-corrected chi connectivity index (χ3v) is 4.23. The molecule has 0 spiro atoms. The summed E-state index contributed by atoms with van der Waals surface area (Å²) in [5.41, 5.74) is 4.86. The highest BCUT2D eigenvalue weighted by Crippen LogP contribution is 2.33. The van der Waals surface area contributed by atoms with E-state index in [0.29, 0.717) is 6.04 Å². The van der Waals surface area contributed by atoms with Crippen molar-refractivity contribution in [3.63, 3.8) is 0 Å². The SMILES string of the molecule is CC1NCCc2c1c1ccccc1n2C#Cc1cccnc1. The van der Waals surface area contributed by atoms with Gasteiger partial charge in [-0.3, -0.25) is 9.55 Å². The lowest BCUT2D eigenvalue weighted by molar-refractivity contribution is 0.537. The second-order valence-electron chi connectivity index (χ2n) is 5.62. The van der Waals surface area contributed by atoms with E-state index in [1.165, 1.54) is 22.2 Å². The first-order valence-electron chi connectivity index (χ1n) is 7.62. The summed E-state index contributed by atoms with van der Waals surface area (Å²) in [5, 5.41) is 4.85. The fourth-order valence-corrected chi connectivity index (χ4v) is 3.24. The van der Waals surface area contributed by atoms with Crippen molar-refractivity contribution in [1.29, 1.82) is 0 Å². The second kappa shape index (κ2) is 5.32. The predicted octanol–water partition coefficient (Wildman–Crippen LogP) is 3.10. The molecule has 1 unspecified atom stereocenters. The van der Waals surface area contributed by atoms with E-state index in [2.05, 4.69) is 58.0 Å². The molecule has 0 saturated heterocycles. The highest BCUT2D eigenvalue weighted by atomic mass is 15.0. The minimum atomic E-state index is 0.370. The van der Waals surface area contributed by atoms with Crippen LogP contribution in [0.5, 0.6) is 0 Å². The first-order valence-corrected chi connectivity index (χ1v) is 7.62. The summed E-state index contributed by atoms with van der Waals surface area (Å²) in [6, 6.07) is 16.1. The molecule has 0 amide bonds. The molecule has 0 radical (unpaired) electrons. The predicted molar refractivity (Wildman–Crippen MR) is 88.6 cm³/mol. The van der Waals surface area contributed by atoms with E-state index in [9.17, 15) is 0 Å². The number of rotatable bonds is 0. The molecule has 2 aromatic heterocycles. The largest absolute Gasteiger partial charge is 0.310 e. The Balaban J connectivity index is 1.93. The molecule has 1 N–H and O–H groups in total. The van der Waals surface area contributed by atoms with Gasteiger partial charge in [-0.05, 0) is 36.6 Å². The molecular weight excluding hydrogens is 270 g/mol. The summed E-state index contributed by atoms with van der Waals surface area (Å²) < 4.78 is 2.16. The summed E-state index contributed by atoms with van der Waals surface area (Å²) in [6.45, 7) is 3.22. The van der Waals surface area contributed by atoms with Gasteiger partial charge in [-0.25, -0.2) is 0 Å². The quantitative estimate of drug-likeness (QED) is 0.644. The molecule has 108 valence electrons. The van der Waals surface area contributed by atoms with Crippen LogP contribution in [-0.2, 0) is 6.42 Å². The van der Waals surface area contributed by atoms with Crippen molar-refractivity contribution >= 4 is 10.9 Å². The van der Waals surface area contributed by atoms with E-state index in [4.69, 9.17) is 0 Å². The van der Waals surface area contributed by atoms with Gasteiger partial charge in [-0.15, -0.1) is 0 Å². The Hall–Kier alpha value is -2.57. The molecule has 0 bridgehead atoms. The average Bonchev–Trinajstić information content (AvgIpc) is 2.89. The van der Waals surface area contributed by atoms with Crippen LogP contribution in [0.2, 0.25) is 0 Å². The standard InChI is InChI=1S/C19H17N3/c1-14-19-16-6-2-3-7-17(16)22(18(19)8-11-21-14)12-9-15-5-4-10-20-13-15/h2-7,10,13-14,21H,8,11H2,1H3. The van der Waals surface area contributed by atoms with Gasteiger partial charge in [0.1, 0.15) is 0 Å². The van der Waals surface area contributed by atoms with Crippen LogP contribution in [0.3, 0.4) is 0 Å². The van der Waals surface area contributed by atoms with Crippen molar-refractivity contribution in [2.75, 3.05) is 6.54 Å². The van der Waals surface area contributed by atoms with Gasteiger partial charge in [0.05, 0.1) is 5.52 Å².